The Bertz CT molecular complexity index is 1490. The van der Waals surface area contributed by atoms with Crippen LogP contribution in [0.1, 0.15) is 51.0 Å². The highest BCUT2D eigenvalue weighted by Crippen LogP contribution is 2.29. The van der Waals surface area contributed by atoms with Crippen molar-refractivity contribution in [2.75, 3.05) is 0 Å². The van der Waals surface area contributed by atoms with Crippen molar-refractivity contribution in [3.63, 3.8) is 0 Å². The Kier molecular flexibility index (Phi) is 6.52. The van der Waals surface area contributed by atoms with E-state index in [1.165, 1.54) is 0 Å². The predicted octanol–water partition coefficient (Wildman–Crippen LogP) is 3.44. The summed E-state index contributed by atoms with van der Waals surface area (Å²) in [6, 6.07) is 12.0. The molecule has 11 nitrogen and oxygen atoms in total. The molecule has 0 aliphatic rings. The van der Waals surface area contributed by atoms with E-state index in [1.54, 1.807) is 15.5 Å². The van der Waals surface area contributed by atoms with E-state index in [4.69, 9.17) is 0 Å². The van der Waals surface area contributed by atoms with Gasteiger partial charge in [0.25, 0.3) is 0 Å². The Morgan fingerprint density at radius 3 is 2.58 bits per heavy atom. The first-order valence-corrected chi connectivity index (χ1v) is 12.1. The molecule has 0 aliphatic heterocycles. The molecule has 4 heterocycles. The summed E-state index contributed by atoms with van der Waals surface area (Å²) in [5.74, 6) is 1.06. The van der Waals surface area contributed by atoms with Crippen LogP contribution in [0.5, 0.6) is 0 Å². The highest BCUT2D eigenvalue weighted by atomic mass is 16.2. The van der Waals surface area contributed by atoms with E-state index < -0.39 is 0 Å². The van der Waals surface area contributed by atoms with Crippen LogP contribution < -0.4 is 5.69 Å². The fourth-order valence-corrected chi connectivity index (χ4v) is 4.26. The number of tetrazole rings is 1. The summed E-state index contributed by atoms with van der Waals surface area (Å²) in [6.45, 7) is 6.65. The van der Waals surface area contributed by atoms with Gasteiger partial charge in [-0.3, -0.25) is 14.1 Å². The van der Waals surface area contributed by atoms with E-state index in [2.05, 4.69) is 56.6 Å². The van der Waals surface area contributed by atoms with Gasteiger partial charge in [-0.05, 0) is 36.6 Å². The third-order valence-electron chi connectivity index (χ3n) is 6.37. The van der Waals surface area contributed by atoms with E-state index in [-0.39, 0.29) is 11.7 Å². The Balaban J connectivity index is 1.47. The van der Waals surface area contributed by atoms with Gasteiger partial charge >= 0.3 is 5.69 Å². The number of imidazole rings is 1. The van der Waals surface area contributed by atoms with Crippen molar-refractivity contribution in [1.29, 1.82) is 0 Å². The van der Waals surface area contributed by atoms with E-state index >= 15 is 0 Å². The number of aromatic nitrogens is 10. The molecule has 5 aromatic rings. The number of pyridine rings is 1. The van der Waals surface area contributed by atoms with Crippen LogP contribution in [-0.2, 0) is 13.0 Å². The van der Waals surface area contributed by atoms with Crippen LogP contribution >= 0.6 is 0 Å². The molecule has 0 aliphatic carbocycles. The topological polar surface area (TPSA) is 125 Å². The SMILES string of the molecule is CCCc1cn(-c2nncn2C(C)CC)c(=O)n1Cc1ccc(-c2ccccc2-c2nn[nH]n2)cn1. The van der Waals surface area contributed by atoms with Crippen LogP contribution in [0.3, 0.4) is 0 Å². The van der Waals surface area contributed by atoms with Crippen molar-refractivity contribution in [3.05, 3.63) is 77.0 Å². The number of benzene rings is 1. The number of hydrogen-bond acceptors (Lipinski definition) is 7. The Hall–Kier alpha value is -4.41. The second-order valence-electron chi connectivity index (χ2n) is 8.72. The lowest BCUT2D eigenvalue weighted by atomic mass is 10.0. The molecule has 1 aromatic carbocycles. The van der Waals surface area contributed by atoms with E-state index in [0.29, 0.717) is 18.3 Å². The molecule has 36 heavy (non-hydrogen) atoms. The van der Waals surface area contributed by atoms with Gasteiger partial charge in [0.15, 0.2) is 0 Å². The minimum atomic E-state index is -0.149. The second-order valence-corrected chi connectivity index (χ2v) is 8.72. The zero-order valence-corrected chi connectivity index (χ0v) is 20.5. The molecule has 0 bridgehead atoms. The molecule has 0 amide bonds. The van der Waals surface area contributed by atoms with Crippen LogP contribution in [0.15, 0.2) is 59.9 Å². The summed E-state index contributed by atoms with van der Waals surface area (Å²) in [4.78, 5) is 18.2. The molecule has 1 unspecified atom stereocenters. The van der Waals surface area contributed by atoms with Crippen molar-refractivity contribution in [3.8, 4) is 28.5 Å². The molecule has 184 valence electrons. The lowest BCUT2D eigenvalue weighted by molar-refractivity contribution is 0.516. The fraction of sp³-hybridized carbons (Fsp3) is 0.320. The molecule has 0 saturated heterocycles. The average Bonchev–Trinajstić information content (AvgIpc) is 3.67. The number of aromatic amines is 1. The first-order valence-electron chi connectivity index (χ1n) is 12.1. The minimum Gasteiger partial charge on any atom is -0.296 e. The molecule has 4 aromatic heterocycles. The molecule has 1 atom stereocenters. The maximum atomic E-state index is 13.5. The van der Waals surface area contributed by atoms with Crippen LogP contribution in [0, 0.1) is 0 Å². The zero-order chi connectivity index (χ0) is 25.1. The Labute approximate surface area is 207 Å². The summed E-state index contributed by atoms with van der Waals surface area (Å²) in [6.07, 6.45) is 7.98. The molecule has 0 spiro atoms. The minimum absolute atomic E-state index is 0.149. The predicted molar refractivity (Wildman–Crippen MR) is 135 cm³/mol. The van der Waals surface area contributed by atoms with Gasteiger partial charge in [0.2, 0.25) is 11.8 Å². The maximum absolute atomic E-state index is 13.5. The van der Waals surface area contributed by atoms with E-state index in [9.17, 15) is 4.79 Å². The molecule has 5 rings (SSSR count). The number of nitrogens with zero attached hydrogens (tertiary/aromatic N) is 9. The fourth-order valence-electron chi connectivity index (χ4n) is 4.26. The van der Waals surface area contributed by atoms with Crippen molar-refractivity contribution >= 4 is 0 Å². The molecule has 1 N–H and O–H groups in total. The lowest BCUT2D eigenvalue weighted by Crippen LogP contribution is -2.27. The largest absolute Gasteiger partial charge is 0.335 e. The Morgan fingerprint density at radius 1 is 1.06 bits per heavy atom. The van der Waals surface area contributed by atoms with Crippen LogP contribution in [0.4, 0.5) is 0 Å². The summed E-state index contributed by atoms with van der Waals surface area (Å²) in [5, 5.41) is 22.7. The number of nitrogens with one attached hydrogen (secondary N) is 1. The van der Waals surface area contributed by atoms with Crippen LogP contribution in [0.2, 0.25) is 0 Å². The molecule has 11 heteroatoms. The van der Waals surface area contributed by atoms with Gasteiger partial charge in [-0.15, -0.1) is 20.4 Å². The van der Waals surface area contributed by atoms with Crippen molar-refractivity contribution in [2.45, 2.75) is 52.6 Å². The number of aryl methyl sites for hydroxylation is 1. The maximum Gasteiger partial charge on any atom is 0.335 e. The third kappa shape index (κ3) is 4.35. The van der Waals surface area contributed by atoms with Crippen LogP contribution in [0.25, 0.3) is 28.5 Å². The van der Waals surface area contributed by atoms with Gasteiger partial charge in [0.1, 0.15) is 6.33 Å². The van der Waals surface area contributed by atoms with Crippen molar-refractivity contribution in [2.24, 2.45) is 0 Å². The van der Waals surface area contributed by atoms with E-state index in [1.807, 2.05) is 53.4 Å². The van der Waals surface area contributed by atoms with Gasteiger partial charge in [-0.1, -0.05) is 50.6 Å². The molecule has 0 fully saturated rings. The molecule has 0 radical (unpaired) electrons. The van der Waals surface area contributed by atoms with E-state index in [0.717, 1.165) is 47.3 Å². The van der Waals surface area contributed by atoms with Gasteiger partial charge in [0.05, 0.1) is 12.2 Å². The number of rotatable bonds is 9. The zero-order valence-electron chi connectivity index (χ0n) is 20.5. The first-order chi connectivity index (χ1) is 17.6. The molecule has 0 saturated carbocycles. The second kappa shape index (κ2) is 10.1. The van der Waals surface area contributed by atoms with Crippen molar-refractivity contribution in [1.82, 2.24) is 49.5 Å². The summed E-state index contributed by atoms with van der Waals surface area (Å²) >= 11 is 0. The van der Waals surface area contributed by atoms with Crippen molar-refractivity contribution < 1.29 is 0 Å². The van der Waals surface area contributed by atoms with Gasteiger partial charge in [-0.2, -0.15) is 5.21 Å². The highest BCUT2D eigenvalue weighted by molar-refractivity contribution is 5.79. The normalized spacial score (nSPS) is 12.2. The number of hydrogen-bond donors (Lipinski definition) is 1. The molecular weight excluding hydrogens is 456 g/mol. The summed E-state index contributed by atoms with van der Waals surface area (Å²) in [7, 11) is 0. The highest BCUT2D eigenvalue weighted by Gasteiger charge is 2.19. The van der Waals surface area contributed by atoms with Gasteiger partial charge in [-0.25, -0.2) is 9.36 Å². The van der Waals surface area contributed by atoms with Gasteiger partial charge in [0, 0.05) is 35.3 Å². The molecular formula is C25H28N10O. The van der Waals surface area contributed by atoms with Gasteiger partial charge < -0.3 is 0 Å². The van der Waals surface area contributed by atoms with Crippen LogP contribution in [-0.4, -0.2) is 49.5 Å². The smallest absolute Gasteiger partial charge is 0.296 e. The number of H-pyrrole nitrogens is 1. The monoisotopic (exact) mass is 484 g/mol. The summed E-state index contributed by atoms with van der Waals surface area (Å²) in [5.41, 5.74) is 4.33. The standard InChI is InChI=1S/C25H28N10O/c1-4-8-20-15-34(24-30-27-16-35(24)17(3)5-2)25(36)33(20)14-19-12-11-18(13-26-19)21-9-6-7-10-22(21)23-28-31-32-29-23/h6-7,9-13,15-17H,4-5,8,14H2,1-3H3,(H,28,29,31,32). The quantitative estimate of drug-likeness (QED) is 0.340. The first kappa shape index (κ1) is 23.3. The summed E-state index contributed by atoms with van der Waals surface area (Å²) < 4.78 is 5.31. The lowest BCUT2D eigenvalue weighted by Gasteiger charge is -2.12. The Morgan fingerprint density at radius 2 is 1.89 bits per heavy atom. The third-order valence-corrected chi connectivity index (χ3v) is 6.37. The average molecular weight is 485 g/mol.